The van der Waals surface area contributed by atoms with Gasteiger partial charge in [-0.1, -0.05) is 6.07 Å². The quantitative estimate of drug-likeness (QED) is 0.513. The summed E-state index contributed by atoms with van der Waals surface area (Å²) in [5, 5.41) is 2.72. The van der Waals surface area contributed by atoms with E-state index in [1.165, 1.54) is 14.2 Å². The van der Waals surface area contributed by atoms with Crippen molar-refractivity contribution < 1.29 is 28.5 Å². The monoisotopic (exact) mass is 325 g/mol. The molecule has 0 fully saturated rings. The maximum Gasteiger partial charge on any atom is 0.341 e. The third kappa shape index (κ3) is 6.66. The molecule has 1 N–H and O–H groups in total. The van der Waals surface area contributed by atoms with Crippen molar-refractivity contribution in [2.45, 2.75) is 13.0 Å². The van der Waals surface area contributed by atoms with Crippen LogP contribution in [0.3, 0.4) is 0 Å². The predicted octanol–water partition coefficient (Wildman–Crippen LogP) is 1.15. The summed E-state index contributed by atoms with van der Waals surface area (Å²) >= 11 is 0. The number of ether oxygens (including phenoxy) is 4. The molecule has 0 bridgehead atoms. The maximum atomic E-state index is 11.7. The molecule has 0 saturated carbocycles. The van der Waals surface area contributed by atoms with Gasteiger partial charge in [-0.05, 0) is 24.1 Å². The van der Waals surface area contributed by atoms with Crippen LogP contribution in [0.1, 0.15) is 22.3 Å². The Balaban J connectivity index is 2.48. The van der Waals surface area contributed by atoms with Crippen LogP contribution in [0.5, 0.6) is 5.75 Å². The van der Waals surface area contributed by atoms with Crippen molar-refractivity contribution in [1.29, 1.82) is 0 Å². The first-order chi connectivity index (χ1) is 11.1. The Morgan fingerprint density at radius 3 is 2.57 bits per heavy atom. The number of carbonyl (C=O) groups excluding carboxylic acids is 2. The predicted molar refractivity (Wildman–Crippen MR) is 83.5 cm³/mol. The van der Waals surface area contributed by atoms with Crippen LogP contribution in [0, 0.1) is 0 Å². The average molecular weight is 325 g/mol. The maximum absolute atomic E-state index is 11.7. The molecule has 128 valence electrons. The van der Waals surface area contributed by atoms with Crippen LogP contribution >= 0.6 is 0 Å². The molecule has 0 spiro atoms. The normalized spacial score (nSPS) is 10.2. The SMILES string of the molecule is COCCCOCC(=O)NCc1ccc(OC)c(C(=O)OC)c1. The molecule has 0 unspecified atom stereocenters. The van der Waals surface area contributed by atoms with Gasteiger partial charge in [0, 0.05) is 26.9 Å². The largest absolute Gasteiger partial charge is 0.496 e. The Bertz CT molecular complexity index is 517. The van der Waals surface area contributed by atoms with Gasteiger partial charge in [-0.3, -0.25) is 4.79 Å². The molecule has 23 heavy (non-hydrogen) atoms. The average Bonchev–Trinajstić information content (AvgIpc) is 2.58. The summed E-state index contributed by atoms with van der Waals surface area (Å²) in [7, 11) is 4.39. The zero-order valence-corrected chi connectivity index (χ0v) is 13.7. The Labute approximate surface area is 135 Å². The smallest absolute Gasteiger partial charge is 0.341 e. The van der Waals surface area contributed by atoms with Gasteiger partial charge in [0.05, 0.1) is 14.2 Å². The van der Waals surface area contributed by atoms with Crippen LogP contribution in [0.15, 0.2) is 18.2 Å². The van der Waals surface area contributed by atoms with E-state index in [4.69, 9.17) is 18.9 Å². The molecule has 1 rings (SSSR count). The fraction of sp³-hybridized carbons (Fsp3) is 0.500. The van der Waals surface area contributed by atoms with Crippen molar-refractivity contribution in [2.24, 2.45) is 0 Å². The Morgan fingerprint density at radius 2 is 1.91 bits per heavy atom. The van der Waals surface area contributed by atoms with Crippen LogP contribution in [-0.4, -0.2) is 53.0 Å². The number of hydrogen-bond acceptors (Lipinski definition) is 6. The van der Waals surface area contributed by atoms with Crippen molar-refractivity contribution in [2.75, 3.05) is 41.2 Å². The summed E-state index contributed by atoms with van der Waals surface area (Å²) in [5.74, 6) is -0.289. The number of rotatable bonds is 10. The molecule has 0 heterocycles. The third-order valence-electron chi connectivity index (χ3n) is 3.03. The lowest BCUT2D eigenvalue weighted by molar-refractivity contribution is -0.126. The lowest BCUT2D eigenvalue weighted by Crippen LogP contribution is -2.27. The Kier molecular flexibility index (Phi) is 8.71. The fourth-order valence-corrected chi connectivity index (χ4v) is 1.86. The molecular weight excluding hydrogens is 302 g/mol. The van der Waals surface area contributed by atoms with Gasteiger partial charge in [0.25, 0.3) is 0 Å². The van der Waals surface area contributed by atoms with Gasteiger partial charge in [-0.2, -0.15) is 0 Å². The van der Waals surface area contributed by atoms with Crippen LogP contribution in [0.4, 0.5) is 0 Å². The summed E-state index contributed by atoms with van der Waals surface area (Å²) in [6.45, 7) is 1.35. The molecular formula is C16H23NO6. The molecule has 0 aliphatic carbocycles. The van der Waals surface area contributed by atoms with E-state index < -0.39 is 5.97 Å². The highest BCUT2D eigenvalue weighted by Crippen LogP contribution is 2.20. The number of esters is 1. The van der Waals surface area contributed by atoms with Gasteiger partial charge in [0.1, 0.15) is 17.9 Å². The molecule has 1 amide bonds. The van der Waals surface area contributed by atoms with Crippen molar-refractivity contribution >= 4 is 11.9 Å². The molecule has 1 aromatic rings. The lowest BCUT2D eigenvalue weighted by atomic mass is 10.1. The first-order valence-corrected chi connectivity index (χ1v) is 7.21. The van der Waals surface area contributed by atoms with Gasteiger partial charge >= 0.3 is 5.97 Å². The molecule has 7 nitrogen and oxygen atoms in total. The van der Waals surface area contributed by atoms with E-state index in [1.54, 1.807) is 25.3 Å². The van der Waals surface area contributed by atoms with E-state index >= 15 is 0 Å². The zero-order valence-electron chi connectivity index (χ0n) is 13.7. The minimum atomic E-state index is -0.489. The van der Waals surface area contributed by atoms with E-state index in [9.17, 15) is 9.59 Å². The second-order valence-electron chi connectivity index (χ2n) is 4.70. The van der Waals surface area contributed by atoms with Crippen molar-refractivity contribution in [3.05, 3.63) is 29.3 Å². The zero-order chi connectivity index (χ0) is 17.1. The van der Waals surface area contributed by atoms with E-state index in [-0.39, 0.29) is 19.1 Å². The standard InChI is InChI=1S/C16H23NO6/c1-20-7-4-8-23-11-15(18)17-10-12-5-6-14(21-2)13(9-12)16(19)22-3/h5-6,9H,4,7-8,10-11H2,1-3H3,(H,17,18). The van der Waals surface area contributed by atoms with Gasteiger partial charge in [-0.15, -0.1) is 0 Å². The summed E-state index contributed by atoms with van der Waals surface area (Å²) in [5.41, 5.74) is 1.08. The molecule has 7 heteroatoms. The van der Waals surface area contributed by atoms with E-state index in [0.717, 1.165) is 12.0 Å². The summed E-state index contributed by atoms with van der Waals surface area (Å²) in [6, 6.07) is 5.06. The number of hydrogen-bond donors (Lipinski definition) is 1. The summed E-state index contributed by atoms with van der Waals surface area (Å²) < 4.78 is 19.9. The van der Waals surface area contributed by atoms with E-state index in [1.807, 2.05) is 0 Å². The third-order valence-corrected chi connectivity index (χ3v) is 3.03. The second kappa shape index (κ2) is 10.6. The fourth-order valence-electron chi connectivity index (χ4n) is 1.86. The van der Waals surface area contributed by atoms with Crippen LogP contribution in [0.25, 0.3) is 0 Å². The number of nitrogens with one attached hydrogen (secondary N) is 1. The first kappa shape index (κ1) is 18.9. The van der Waals surface area contributed by atoms with Crippen LogP contribution in [-0.2, 0) is 25.5 Å². The Hall–Kier alpha value is -2.12. The highest BCUT2D eigenvalue weighted by atomic mass is 16.5. The number of amides is 1. The Morgan fingerprint density at radius 1 is 1.13 bits per heavy atom. The van der Waals surface area contributed by atoms with Crippen molar-refractivity contribution in [3.8, 4) is 5.75 Å². The van der Waals surface area contributed by atoms with Crippen LogP contribution < -0.4 is 10.1 Å². The summed E-state index contributed by atoms with van der Waals surface area (Å²) in [6.07, 6.45) is 0.741. The summed E-state index contributed by atoms with van der Waals surface area (Å²) in [4.78, 5) is 23.4. The molecule has 0 aliphatic rings. The molecule has 0 aromatic heterocycles. The van der Waals surface area contributed by atoms with E-state index in [2.05, 4.69) is 5.32 Å². The number of methoxy groups -OCH3 is 3. The van der Waals surface area contributed by atoms with Crippen molar-refractivity contribution in [1.82, 2.24) is 5.32 Å². The lowest BCUT2D eigenvalue weighted by Gasteiger charge is -2.10. The molecule has 0 aliphatic heterocycles. The minimum Gasteiger partial charge on any atom is -0.496 e. The second-order valence-corrected chi connectivity index (χ2v) is 4.70. The minimum absolute atomic E-state index is 0.0102. The van der Waals surface area contributed by atoms with Crippen LogP contribution in [0.2, 0.25) is 0 Å². The van der Waals surface area contributed by atoms with Gasteiger partial charge in [0.2, 0.25) is 5.91 Å². The van der Waals surface area contributed by atoms with Gasteiger partial charge in [0.15, 0.2) is 0 Å². The number of carbonyl (C=O) groups is 2. The van der Waals surface area contributed by atoms with Gasteiger partial charge < -0.3 is 24.3 Å². The van der Waals surface area contributed by atoms with Gasteiger partial charge in [-0.25, -0.2) is 4.79 Å². The molecule has 0 saturated heterocycles. The molecule has 0 atom stereocenters. The highest BCUT2D eigenvalue weighted by molar-refractivity contribution is 5.92. The number of benzene rings is 1. The highest BCUT2D eigenvalue weighted by Gasteiger charge is 2.13. The molecule has 0 radical (unpaired) electrons. The topological polar surface area (TPSA) is 83.1 Å². The van der Waals surface area contributed by atoms with E-state index in [0.29, 0.717) is 24.5 Å². The first-order valence-electron chi connectivity index (χ1n) is 7.21. The molecule has 1 aromatic carbocycles. The van der Waals surface area contributed by atoms with Crippen molar-refractivity contribution in [3.63, 3.8) is 0 Å².